The highest BCUT2D eigenvalue weighted by Gasteiger charge is 2.15. The Morgan fingerprint density at radius 3 is 2.42 bits per heavy atom. The van der Waals surface area contributed by atoms with Crippen LogP contribution in [0.25, 0.3) is 0 Å². The van der Waals surface area contributed by atoms with E-state index in [1.807, 2.05) is 13.8 Å². The normalized spacial score (nSPS) is 10.8. The maximum Gasteiger partial charge on any atom is 0.198 e. The molecule has 174 valence electrons. The number of nitrogens with zero attached hydrogens (tertiary/aromatic N) is 1. The third-order valence-corrected chi connectivity index (χ3v) is 5.77. The average molecular weight is 494 g/mol. The molecule has 0 aliphatic rings. The van der Waals surface area contributed by atoms with Crippen molar-refractivity contribution in [2.75, 3.05) is 36.2 Å². The lowest BCUT2D eigenvalue weighted by molar-refractivity contribution is 0.596. The summed E-state index contributed by atoms with van der Waals surface area (Å²) in [5.41, 5.74) is 5.85. The second-order valence-electron chi connectivity index (χ2n) is 5.63. The lowest BCUT2D eigenvalue weighted by atomic mass is 10.2. The van der Waals surface area contributed by atoms with E-state index in [9.17, 15) is 13.0 Å². The number of nitrogens with two attached hydrogens (primary N) is 1. The number of benzene rings is 1. The quantitative estimate of drug-likeness (QED) is 0.256. The molecule has 0 bridgehead atoms. The fourth-order valence-corrected chi connectivity index (χ4v) is 4.06. The van der Waals surface area contributed by atoms with E-state index in [0.717, 1.165) is 38.5 Å². The summed E-state index contributed by atoms with van der Waals surface area (Å²) >= 11 is 6.85. The number of aromatic nitrogens is 1. The van der Waals surface area contributed by atoms with Crippen LogP contribution in [-0.2, 0) is 11.0 Å². The Morgan fingerprint density at radius 1 is 1.16 bits per heavy atom. The molecule has 1 aromatic heterocycles. The smallest absolute Gasteiger partial charge is 0.198 e. The largest absolute Gasteiger partial charge is 0.384 e. The first-order valence-electron chi connectivity index (χ1n) is 9.78. The molecule has 0 amide bonds. The van der Waals surface area contributed by atoms with Crippen LogP contribution < -0.4 is 21.1 Å². The first-order valence-corrected chi connectivity index (χ1v) is 12.1. The van der Waals surface area contributed by atoms with Crippen molar-refractivity contribution in [1.29, 1.82) is 0 Å². The molecule has 0 aliphatic heterocycles. The SMILES string of the molecule is C#C.CC.NCCCNCCCCNc1cc(F)c(S(=O)Nc2ncc(F)s2)cc1Cl. The van der Waals surface area contributed by atoms with Crippen LogP contribution in [0.3, 0.4) is 0 Å². The summed E-state index contributed by atoms with van der Waals surface area (Å²) in [7, 11) is -1.94. The standard InChI is InChI=1S/C16H22ClF2N5OS2.C2H6.C2H2/c17-11-8-14(27(25)24-16-23-10-15(19)26-16)12(18)9-13(11)22-7-2-1-5-21-6-3-4-20;2*1-2/h8-10,21-22H,1-7,20H2,(H,23,24);1-2H3;1-2H. The summed E-state index contributed by atoms with van der Waals surface area (Å²) in [6.07, 6.45) is 11.8. The van der Waals surface area contributed by atoms with E-state index >= 15 is 0 Å². The van der Waals surface area contributed by atoms with Gasteiger partial charge in [0.15, 0.2) is 21.2 Å². The summed E-state index contributed by atoms with van der Waals surface area (Å²) in [4.78, 5) is 3.57. The van der Waals surface area contributed by atoms with Crippen molar-refractivity contribution in [3.8, 4) is 12.8 Å². The molecule has 1 unspecified atom stereocenters. The zero-order chi connectivity index (χ0) is 23.6. The maximum absolute atomic E-state index is 14.3. The van der Waals surface area contributed by atoms with Gasteiger partial charge in [-0.25, -0.2) is 13.6 Å². The number of nitrogens with one attached hydrogen (secondary N) is 3. The Bertz CT molecular complexity index is 805. The van der Waals surface area contributed by atoms with Crippen LogP contribution >= 0.6 is 22.9 Å². The molecule has 6 nitrogen and oxygen atoms in total. The third-order valence-electron chi connectivity index (χ3n) is 3.53. The van der Waals surface area contributed by atoms with Crippen LogP contribution in [0.4, 0.5) is 19.6 Å². The van der Waals surface area contributed by atoms with Crippen molar-refractivity contribution < 1.29 is 13.0 Å². The minimum Gasteiger partial charge on any atom is -0.384 e. The molecule has 0 saturated carbocycles. The fraction of sp³-hybridized carbons (Fsp3) is 0.450. The second-order valence-corrected chi connectivity index (χ2v) is 8.20. The zero-order valence-electron chi connectivity index (χ0n) is 17.7. The van der Waals surface area contributed by atoms with Gasteiger partial charge in [0.2, 0.25) is 0 Å². The molecule has 1 heterocycles. The zero-order valence-corrected chi connectivity index (χ0v) is 20.1. The summed E-state index contributed by atoms with van der Waals surface area (Å²) < 4.78 is 41.9. The van der Waals surface area contributed by atoms with Crippen LogP contribution in [0, 0.1) is 23.8 Å². The molecule has 0 spiro atoms. The number of terminal acetylenes is 1. The summed E-state index contributed by atoms with van der Waals surface area (Å²) in [5.74, 6) is -0.673. The Balaban J connectivity index is 0.00000212. The van der Waals surface area contributed by atoms with Crippen molar-refractivity contribution in [2.24, 2.45) is 5.73 Å². The van der Waals surface area contributed by atoms with E-state index in [-0.39, 0.29) is 15.0 Å². The van der Waals surface area contributed by atoms with E-state index in [0.29, 0.717) is 30.1 Å². The molecule has 0 aliphatic carbocycles. The Hall–Kier alpha value is -1.77. The van der Waals surface area contributed by atoms with Gasteiger partial charge in [0, 0.05) is 6.54 Å². The lowest BCUT2D eigenvalue weighted by Crippen LogP contribution is -2.19. The van der Waals surface area contributed by atoms with Crippen LogP contribution in [0.1, 0.15) is 33.1 Å². The molecular weight excluding hydrogens is 464 g/mol. The first-order chi connectivity index (χ1) is 15.0. The third kappa shape index (κ3) is 11.4. The van der Waals surface area contributed by atoms with Gasteiger partial charge in [-0.15, -0.1) is 12.8 Å². The van der Waals surface area contributed by atoms with Gasteiger partial charge >= 0.3 is 0 Å². The average Bonchev–Trinajstić information content (AvgIpc) is 3.19. The monoisotopic (exact) mass is 493 g/mol. The van der Waals surface area contributed by atoms with Gasteiger partial charge in [0.05, 0.1) is 21.8 Å². The number of hydrogen-bond acceptors (Lipinski definition) is 6. The molecule has 1 aromatic carbocycles. The number of rotatable bonds is 12. The van der Waals surface area contributed by atoms with Crippen molar-refractivity contribution in [3.05, 3.63) is 34.3 Å². The molecular formula is C20H30ClF2N5OS2. The van der Waals surface area contributed by atoms with Crippen LogP contribution in [-0.4, -0.2) is 35.4 Å². The highest BCUT2D eigenvalue weighted by Crippen LogP contribution is 2.28. The van der Waals surface area contributed by atoms with Gasteiger partial charge in [-0.1, -0.05) is 36.8 Å². The van der Waals surface area contributed by atoms with Crippen LogP contribution in [0.15, 0.2) is 23.2 Å². The summed E-state index contributed by atoms with van der Waals surface area (Å²) in [5, 5.41) is 6.19. The Labute approximate surface area is 195 Å². The van der Waals surface area contributed by atoms with Gasteiger partial charge < -0.3 is 16.4 Å². The van der Waals surface area contributed by atoms with Crippen molar-refractivity contribution >= 4 is 44.7 Å². The van der Waals surface area contributed by atoms with E-state index in [2.05, 4.69) is 33.2 Å². The molecule has 0 radical (unpaired) electrons. The summed E-state index contributed by atoms with van der Waals surface area (Å²) in [6.45, 7) is 7.11. The summed E-state index contributed by atoms with van der Waals surface area (Å²) in [6, 6.07) is 2.50. The maximum atomic E-state index is 14.3. The van der Waals surface area contributed by atoms with Crippen LogP contribution in [0.5, 0.6) is 0 Å². The topological polar surface area (TPSA) is 92.1 Å². The van der Waals surface area contributed by atoms with Gasteiger partial charge in [-0.2, -0.15) is 4.39 Å². The molecule has 2 rings (SSSR count). The fourth-order valence-electron chi connectivity index (χ4n) is 2.19. The van der Waals surface area contributed by atoms with E-state index < -0.39 is 21.9 Å². The van der Waals surface area contributed by atoms with Crippen molar-refractivity contribution in [2.45, 2.75) is 38.0 Å². The molecule has 5 N–H and O–H groups in total. The Morgan fingerprint density at radius 2 is 1.81 bits per heavy atom. The van der Waals surface area contributed by atoms with Gasteiger partial charge in [-0.3, -0.25) is 4.72 Å². The van der Waals surface area contributed by atoms with E-state index in [4.69, 9.17) is 17.3 Å². The highest BCUT2D eigenvalue weighted by molar-refractivity contribution is 7.86. The van der Waals surface area contributed by atoms with Crippen LogP contribution in [0.2, 0.25) is 5.02 Å². The van der Waals surface area contributed by atoms with Gasteiger partial charge in [0.1, 0.15) is 5.82 Å². The first kappa shape index (κ1) is 29.2. The van der Waals surface area contributed by atoms with E-state index in [1.165, 1.54) is 12.1 Å². The number of unbranched alkanes of at least 4 members (excludes halogenated alkanes) is 1. The molecule has 2 aromatic rings. The minimum absolute atomic E-state index is 0.101. The predicted molar refractivity (Wildman–Crippen MR) is 129 cm³/mol. The number of anilines is 2. The molecule has 0 saturated heterocycles. The molecule has 0 fully saturated rings. The van der Waals surface area contributed by atoms with Gasteiger partial charge in [0.25, 0.3) is 0 Å². The molecule has 11 heteroatoms. The minimum atomic E-state index is -1.94. The predicted octanol–water partition coefficient (Wildman–Crippen LogP) is 4.62. The van der Waals surface area contributed by atoms with E-state index in [1.54, 1.807) is 0 Å². The second kappa shape index (κ2) is 17.9. The number of thiazole rings is 1. The Kier molecular flexibility index (Phi) is 16.8. The van der Waals surface area contributed by atoms with Crippen molar-refractivity contribution in [3.63, 3.8) is 0 Å². The lowest BCUT2D eigenvalue weighted by Gasteiger charge is -2.11. The highest BCUT2D eigenvalue weighted by atomic mass is 35.5. The molecule has 1 atom stereocenters. The number of hydrogen-bond donors (Lipinski definition) is 4. The van der Waals surface area contributed by atoms with Crippen molar-refractivity contribution in [1.82, 2.24) is 10.3 Å². The number of halogens is 3. The van der Waals surface area contributed by atoms with Gasteiger partial charge in [-0.05, 0) is 51.0 Å². The molecule has 31 heavy (non-hydrogen) atoms.